The minimum Gasteiger partial charge on any atom is -0.398 e. The van der Waals surface area contributed by atoms with Crippen LogP contribution in [0.2, 0.25) is 0 Å². The Balaban J connectivity index is 1.41. The summed E-state index contributed by atoms with van der Waals surface area (Å²) in [4.78, 5) is 52.1. The van der Waals surface area contributed by atoms with E-state index < -0.39 is 17.9 Å². The monoisotopic (exact) mass is 522 g/mol. The van der Waals surface area contributed by atoms with Gasteiger partial charge in [0, 0.05) is 29.6 Å². The summed E-state index contributed by atoms with van der Waals surface area (Å²) in [6.07, 6.45) is 0. The molecule has 15 heteroatoms. The summed E-state index contributed by atoms with van der Waals surface area (Å²) in [6.45, 7) is 5.50. The van der Waals surface area contributed by atoms with Gasteiger partial charge in [0.05, 0.1) is 0 Å². The molecule has 4 rings (SSSR count). The summed E-state index contributed by atoms with van der Waals surface area (Å²) in [5, 5.41) is 10.3. The fraction of sp³-hybridized carbons (Fsp3) is 0.368. The second kappa shape index (κ2) is 9.68. The van der Waals surface area contributed by atoms with Gasteiger partial charge in [0.15, 0.2) is 16.0 Å². The van der Waals surface area contributed by atoms with Gasteiger partial charge in [0.1, 0.15) is 29.9 Å². The number of amides is 3. The van der Waals surface area contributed by atoms with Crippen LogP contribution >= 0.6 is 34.9 Å². The van der Waals surface area contributed by atoms with Gasteiger partial charge in [-0.05, 0) is 12.5 Å². The zero-order valence-corrected chi connectivity index (χ0v) is 21.0. The standard InChI is InChI=1S/C19H22N8O4S3/c1-8-14(28)23-19(26(3)24-8)34-6-10-5-32-17-13(16(30)27(17)9(10)2)22-15(29)12(25-31-4)11-7-33-18(20)21-11/h7,13,17,24H,1,5-6H2,2-4H3,(H2,20,21)(H,22,29)/b25-12+/t13-,17-/m1/s1. The van der Waals surface area contributed by atoms with E-state index in [1.165, 1.54) is 30.2 Å². The van der Waals surface area contributed by atoms with Gasteiger partial charge < -0.3 is 15.9 Å². The lowest BCUT2D eigenvalue weighted by Gasteiger charge is -2.50. The Labute approximate surface area is 207 Å². The minimum absolute atomic E-state index is 0.0462. The molecule has 0 saturated carbocycles. The molecule has 3 aliphatic heterocycles. The molecule has 0 unspecified atom stereocenters. The summed E-state index contributed by atoms with van der Waals surface area (Å²) in [7, 11) is 3.08. The van der Waals surface area contributed by atoms with Crippen molar-refractivity contribution >= 4 is 68.6 Å². The number of fused-ring (bicyclic) bond motifs is 1. The van der Waals surface area contributed by atoms with Crippen LogP contribution in [0.5, 0.6) is 0 Å². The zero-order chi connectivity index (χ0) is 24.6. The first-order valence-electron chi connectivity index (χ1n) is 9.93. The zero-order valence-electron chi connectivity index (χ0n) is 18.5. The predicted molar refractivity (Wildman–Crippen MR) is 133 cm³/mol. The molecule has 180 valence electrons. The Kier molecular flexibility index (Phi) is 6.86. The predicted octanol–water partition coefficient (Wildman–Crippen LogP) is 0.329. The van der Waals surface area contributed by atoms with Crippen molar-refractivity contribution in [3.8, 4) is 0 Å². The van der Waals surface area contributed by atoms with Crippen molar-refractivity contribution in [3.05, 3.63) is 34.6 Å². The number of amidine groups is 1. The summed E-state index contributed by atoms with van der Waals surface area (Å²) in [5.41, 5.74) is 10.9. The van der Waals surface area contributed by atoms with Gasteiger partial charge in [-0.2, -0.15) is 4.99 Å². The third kappa shape index (κ3) is 4.50. The molecule has 0 spiro atoms. The number of β-lactam (4-membered cyclic amide) rings is 1. The second-order valence-corrected chi connectivity index (χ2v) is 10.3. The highest BCUT2D eigenvalue weighted by Crippen LogP contribution is 2.41. The summed E-state index contributed by atoms with van der Waals surface area (Å²) in [5.74, 6) is 0.0583. The number of thioether (sulfide) groups is 2. The number of nitrogen functional groups attached to an aromatic ring is 1. The highest BCUT2D eigenvalue weighted by Gasteiger charge is 2.51. The number of aromatic nitrogens is 1. The molecule has 0 aliphatic carbocycles. The number of hydrogen-bond donors (Lipinski definition) is 3. The van der Waals surface area contributed by atoms with Crippen molar-refractivity contribution in [3.63, 3.8) is 0 Å². The molecule has 2 atom stereocenters. The van der Waals surface area contributed by atoms with Crippen LogP contribution in [-0.4, -0.2) is 80.6 Å². The molecule has 1 aromatic heterocycles. The van der Waals surface area contributed by atoms with Crippen LogP contribution in [0.25, 0.3) is 0 Å². The number of oxime groups is 1. The van der Waals surface area contributed by atoms with Crippen LogP contribution in [0.1, 0.15) is 12.6 Å². The van der Waals surface area contributed by atoms with Crippen LogP contribution in [0.15, 0.2) is 39.1 Å². The number of carbonyl (C=O) groups excluding carboxylic acids is 3. The van der Waals surface area contributed by atoms with E-state index >= 15 is 0 Å². The maximum absolute atomic E-state index is 12.9. The van der Waals surface area contributed by atoms with Crippen molar-refractivity contribution in [1.82, 2.24) is 25.6 Å². The maximum Gasteiger partial charge on any atom is 0.296 e. The molecule has 1 aromatic rings. The van der Waals surface area contributed by atoms with Crippen molar-refractivity contribution < 1.29 is 19.2 Å². The molecule has 1 saturated heterocycles. The fourth-order valence-electron chi connectivity index (χ4n) is 3.44. The number of nitrogens with two attached hydrogens (primary N) is 1. The number of thiazole rings is 1. The summed E-state index contributed by atoms with van der Waals surface area (Å²) >= 11 is 4.13. The van der Waals surface area contributed by atoms with E-state index in [9.17, 15) is 14.4 Å². The smallest absolute Gasteiger partial charge is 0.296 e. The number of rotatable bonds is 6. The number of hydrazine groups is 1. The average molecular weight is 523 g/mol. The van der Waals surface area contributed by atoms with Gasteiger partial charge in [0.2, 0.25) is 0 Å². The molecule has 0 bridgehead atoms. The average Bonchev–Trinajstić information content (AvgIpc) is 3.23. The Morgan fingerprint density at radius 1 is 1.50 bits per heavy atom. The van der Waals surface area contributed by atoms with Gasteiger partial charge in [-0.3, -0.25) is 29.7 Å². The first kappa shape index (κ1) is 24.1. The second-order valence-electron chi connectivity index (χ2n) is 7.38. The number of nitrogens with one attached hydrogen (secondary N) is 2. The number of aliphatic imine (C=N–C) groups is 1. The van der Waals surface area contributed by atoms with Crippen molar-refractivity contribution in [2.75, 3.05) is 31.4 Å². The van der Waals surface area contributed by atoms with Gasteiger partial charge in [-0.1, -0.05) is 23.5 Å². The molecule has 1 fully saturated rings. The highest BCUT2D eigenvalue weighted by atomic mass is 32.2. The van der Waals surface area contributed by atoms with Crippen LogP contribution in [0.4, 0.5) is 5.13 Å². The Bertz CT molecular complexity index is 1160. The summed E-state index contributed by atoms with van der Waals surface area (Å²) in [6, 6.07) is -0.693. The van der Waals surface area contributed by atoms with E-state index in [2.05, 4.69) is 32.5 Å². The summed E-state index contributed by atoms with van der Waals surface area (Å²) < 4.78 is 0. The molecule has 34 heavy (non-hydrogen) atoms. The quantitative estimate of drug-likeness (QED) is 0.206. The SMILES string of the molecule is C=C1NN(C)C(SCC2=C(C)N3C(=O)[C@@H](NC(=O)/C(=N/OC)c4csc(N)n4)[C@H]3SC2)=NC1=O. The van der Waals surface area contributed by atoms with Crippen molar-refractivity contribution in [2.24, 2.45) is 10.1 Å². The number of hydrogen-bond acceptors (Lipinski definition) is 12. The van der Waals surface area contributed by atoms with Crippen LogP contribution in [0, 0.1) is 0 Å². The Morgan fingerprint density at radius 3 is 2.94 bits per heavy atom. The Morgan fingerprint density at radius 2 is 2.26 bits per heavy atom. The van der Waals surface area contributed by atoms with E-state index in [0.29, 0.717) is 21.8 Å². The van der Waals surface area contributed by atoms with Gasteiger partial charge >= 0.3 is 0 Å². The topological polar surface area (TPSA) is 155 Å². The van der Waals surface area contributed by atoms with Gasteiger partial charge in [-0.25, -0.2) is 4.98 Å². The molecule has 3 aliphatic rings. The lowest BCUT2D eigenvalue weighted by Crippen LogP contribution is -2.70. The van der Waals surface area contributed by atoms with E-state index in [0.717, 1.165) is 11.3 Å². The van der Waals surface area contributed by atoms with E-state index in [-0.39, 0.29) is 28.4 Å². The first-order chi connectivity index (χ1) is 16.2. The number of nitrogens with zero attached hydrogens (tertiary/aromatic N) is 5. The first-order valence-corrected chi connectivity index (χ1v) is 12.8. The third-order valence-corrected chi connectivity index (χ3v) is 8.34. The van der Waals surface area contributed by atoms with Crippen LogP contribution in [0.3, 0.4) is 0 Å². The normalized spacial score (nSPS) is 22.7. The van der Waals surface area contributed by atoms with Crippen LogP contribution < -0.4 is 16.5 Å². The molecule has 4 heterocycles. The molecule has 4 N–H and O–H groups in total. The number of anilines is 1. The van der Waals surface area contributed by atoms with E-state index in [4.69, 9.17) is 10.6 Å². The molecular formula is C19H22N8O4S3. The van der Waals surface area contributed by atoms with E-state index in [1.54, 1.807) is 34.1 Å². The van der Waals surface area contributed by atoms with Crippen LogP contribution in [-0.2, 0) is 19.2 Å². The third-order valence-electron chi connectivity index (χ3n) is 5.21. The number of carbonyl (C=O) groups is 3. The molecule has 0 aromatic carbocycles. The van der Waals surface area contributed by atoms with Crippen molar-refractivity contribution in [2.45, 2.75) is 18.3 Å². The molecule has 3 amide bonds. The lowest BCUT2D eigenvalue weighted by molar-refractivity contribution is -0.145. The lowest BCUT2D eigenvalue weighted by atomic mass is 10.0. The molecule has 12 nitrogen and oxygen atoms in total. The fourth-order valence-corrected chi connectivity index (χ4v) is 6.59. The largest absolute Gasteiger partial charge is 0.398 e. The number of allylic oxidation sites excluding steroid dienone is 1. The van der Waals surface area contributed by atoms with Gasteiger partial charge in [-0.15, -0.1) is 23.1 Å². The van der Waals surface area contributed by atoms with Crippen molar-refractivity contribution in [1.29, 1.82) is 0 Å². The minimum atomic E-state index is -0.693. The maximum atomic E-state index is 12.9. The highest BCUT2D eigenvalue weighted by molar-refractivity contribution is 8.14. The molecular weight excluding hydrogens is 500 g/mol. The van der Waals surface area contributed by atoms with Gasteiger partial charge in [0.25, 0.3) is 17.7 Å². The van der Waals surface area contributed by atoms with E-state index in [1.807, 2.05) is 6.92 Å². The molecule has 0 radical (unpaired) electrons. The Hall–Kier alpha value is -3.04.